The first kappa shape index (κ1) is 15.4. The standard InChI is InChI=1S/C14H29N3O/c1-5-16(6-2)10-11-17-9-7-8-13(14(17)18)15-12(3)4/h12-13,15H,5-11H2,1-4H3. The van der Waals surface area contributed by atoms with Crippen molar-refractivity contribution in [3.63, 3.8) is 0 Å². The molecule has 106 valence electrons. The van der Waals surface area contributed by atoms with Gasteiger partial charge in [-0.2, -0.15) is 0 Å². The summed E-state index contributed by atoms with van der Waals surface area (Å²) < 4.78 is 0. The van der Waals surface area contributed by atoms with Gasteiger partial charge in [0.1, 0.15) is 0 Å². The maximum absolute atomic E-state index is 12.3. The highest BCUT2D eigenvalue weighted by atomic mass is 16.2. The predicted octanol–water partition coefficient (Wildman–Crippen LogP) is 1.32. The maximum atomic E-state index is 12.3. The zero-order valence-corrected chi connectivity index (χ0v) is 12.4. The zero-order chi connectivity index (χ0) is 13.5. The second kappa shape index (κ2) is 7.74. The maximum Gasteiger partial charge on any atom is 0.239 e. The van der Waals surface area contributed by atoms with Crippen LogP contribution in [0.3, 0.4) is 0 Å². The van der Waals surface area contributed by atoms with Crippen LogP contribution in [-0.2, 0) is 4.79 Å². The number of rotatable bonds is 7. The first-order valence-corrected chi connectivity index (χ1v) is 7.35. The fourth-order valence-electron chi connectivity index (χ4n) is 2.52. The number of carbonyl (C=O) groups is 1. The molecule has 1 N–H and O–H groups in total. The van der Waals surface area contributed by atoms with Gasteiger partial charge in [0.15, 0.2) is 0 Å². The Labute approximate surface area is 112 Å². The number of piperidine rings is 1. The van der Waals surface area contributed by atoms with Crippen LogP contribution in [0.15, 0.2) is 0 Å². The number of hydrogen-bond donors (Lipinski definition) is 1. The van der Waals surface area contributed by atoms with E-state index in [-0.39, 0.29) is 6.04 Å². The van der Waals surface area contributed by atoms with E-state index in [1.807, 2.05) is 4.90 Å². The summed E-state index contributed by atoms with van der Waals surface area (Å²) in [6.07, 6.45) is 2.10. The van der Waals surface area contributed by atoms with Crippen molar-refractivity contribution in [1.82, 2.24) is 15.1 Å². The lowest BCUT2D eigenvalue weighted by atomic mass is 10.0. The fraction of sp³-hybridized carbons (Fsp3) is 0.929. The smallest absolute Gasteiger partial charge is 0.239 e. The lowest BCUT2D eigenvalue weighted by Crippen LogP contribution is -2.53. The van der Waals surface area contributed by atoms with Crippen molar-refractivity contribution in [3.8, 4) is 0 Å². The molecule has 0 aromatic carbocycles. The van der Waals surface area contributed by atoms with Gasteiger partial charge in [0, 0.05) is 25.7 Å². The summed E-state index contributed by atoms with van der Waals surface area (Å²) in [5.41, 5.74) is 0. The van der Waals surface area contributed by atoms with E-state index in [2.05, 4.69) is 37.9 Å². The van der Waals surface area contributed by atoms with E-state index in [0.29, 0.717) is 11.9 Å². The molecular formula is C14H29N3O. The van der Waals surface area contributed by atoms with Crippen molar-refractivity contribution in [2.75, 3.05) is 32.7 Å². The Hall–Kier alpha value is -0.610. The molecule has 4 nitrogen and oxygen atoms in total. The summed E-state index contributed by atoms with van der Waals surface area (Å²) >= 11 is 0. The number of hydrogen-bond acceptors (Lipinski definition) is 3. The van der Waals surface area contributed by atoms with Crippen LogP contribution in [0.2, 0.25) is 0 Å². The van der Waals surface area contributed by atoms with Crippen LogP contribution in [0.5, 0.6) is 0 Å². The first-order valence-electron chi connectivity index (χ1n) is 7.35. The Kier molecular flexibility index (Phi) is 6.65. The molecule has 1 fully saturated rings. The van der Waals surface area contributed by atoms with Crippen LogP contribution < -0.4 is 5.32 Å². The van der Waals surface area contributed by atoms with Crippen molar-refractivity contribution < 1.29 is 4.79 Å². The Morgan fingerprint density at radius 1 is 1.39 bits per heavy atom. The van der Waals surface area contributed by atoms with Crippen molar-refractivity contribution in [2.24, 2.45) is 0 Å². The molecular weight excluding hydrogens is 226 g/mol. The molecule has 0 saturated carbocycles. The van der Waals surface area contributed by atoms with Gasteiger partial charge >= 0.3 is 0 Å². The van der Waals surface area contributed by atoms with Gasteiger partial charge in [-0.3, -0.25) is 4.79 Å². The number of likely N-dealkylation sites (N-methyl/N-ethyl adjacent to an activating group) is 1. The molecule has 1 amide bonds. The molecule has 0 aromatic rings. The minimum atomic E-state index is 0.0375. The van der Waals surface area contributed by atoms with E-state index < -0.39 is 0 Å². The van der Waals surface area contributed by atoms with Crippen LogP contribution in [-0.4, -0.2) is 60.5 Å². The fourth-order valence-corrected chi connectivity index (χ4v) is 2.52. The van der Waals surface area contributed by atoms with E-state index in [1.165, 1.54) is 0 Å². The summed E-state index contributed by atoms with van der Waals surface area (Å²) in [6.45, 7) is 13.5. The van der Waals surface area contributed by atoms with Crippen LogP contribution in [0.1, 0.15) is 40.5 Å². The van der Waals surface area contributed by atoms with Crippen LogP contribution in [0.4, 0.5) is 0 Å². The second-order valence-corrected chi connectivity index (χ2v) is 5.37. The van der Waals surface area contributed by atoms with E-state index in [0.717, 1.165) is 45.6 Å². The molecule has 0 radical (unpaired) electrons. The molecule has 1 heterocycles. The number of amides is 1. The molecule has 0 spiro atoms. The number of likely N-dealkylation sites (tertiary alicyclic amines) is 1. The molecule has 1 aliphatic rings. The quantitative estimate of drug-likeness (QED) is 0.745. The Morgan fingerprint density at radius 3 is 2.61 bits per heavy atom. The molecule has 1 rings (SSSR count). The monoisotopic (exact) mass is 255 g/mol. The molecule has 1 saturated heterocycles. The lowest BCUT2D eigenvalue weighted by molar-refractivity contribution is -0.136. The number of nitrogens with zero attached hydrogens (tertiary/aromatic N) is 2. The molecule has 0 aliphatic carbocycles. The van der Waals surface area contributed by atoms with Gasteiger partial charge in [-0.05, 0) is 25.9 Å². The number of carbonyl (C=O) groups excluding carboxylic acids is 1. The van der Waals surface area contributed by atoms with Crippen molar-refractivity contribution in [3.05, 3.63) is 0 Å². The van der Waals surface area contributed by atoms with Crippen molar-refractivity contribution in [1.29, 1.82) is 0 Å². The van der Waals surface area contributed by atoms with Gasteiger partial charge < -0.3 is 15.1 Å². The molecule has 0 bridgehead atoms. The molecule has 1 atom stereocenters. The van der Waals surface area contributed by atoms with Crippen LogP contribution in [0, 0.1) is 0 Å². The lowest BCUT2D eigenvalue weighted by Gasteiger charge is -2.34. The Balaban J connectivity index is 2.43. The average molecular weight is 255 g/mol. The van der Waals surface area contributed by atoms with Gasteiger partial charge in [0.25, 0.3) is 0 Å². The van der Waals surface area contributed by atoms with Crippen LogP contribution >= 0.6 is 0 Å². The van der Waals surface area contributed by atoms with Gasteiger partial charge in [0.2, 0.25) is 5.91 Å². The third-order valence-corrected chi connectivity index (χ3v) is 3.65. The second-order valence-electron chi connectivity index (χ2n) is 5.37. The molecule has 18 heavy (non-hydrogen) atoms. The Bertz CT molecular complexity index is 251. The normalized spacial score (nSPS) is 21.1. The van der Waals surface area contributed by atoms with Gasteiger partial charge in [-0.25, -0.2) is 0 Å². The SMILES string of the molecule is CCN(CC)CCN1CCCC(NC(C)C)C1=O. The highest BCUT2D eigenvalue weighted by Gasteiger charge is 2.28. The molecule has 0 aromatic heterocycles. The van der Waals surface area contributed by atoms with E-state index in [9.17, 15) is 4.79 Å². The third-order valence-electron chi connectivity index (χ3n) is 3.65. The van der Waals surface area contributed by atoms with E-state index in [4.69, 9.17) is 0 Å². The molecule has 1 unspecified atom stereocenters. The highest BCUT2D eigenvalue weighted by molar-refractivity contribution is 5.82. The van der Waals surface area contributed by atoms with Gasteiger partial charge in [-0.1, -0.05) is 27.7 Å². The third kappa shape index (κ3) is 4.58. The topological polar surface area (TPSA) is 35.6 Å². The summed E-state index contributed by atoms with van der Waals surface area (Å²) in [6, 6.07) is 0.414. The van der Waals surface area contributed by atoms with E-state index in [1.54, 1.807) is 0 Å². The predicted molar refractivity (Wildman–Crippen MR) is 75.7 cm³/mol. The molecule has 1 aliphatic heterocycles. The summed E-state index contributed by atoms with van der Waals surface area (Å²) in [7, 11) is 0. The van der Waals surface area contributed by atoms with Crippen LogP contribution in [0.25, 0.3) is 0 Å². The minimum absolute atomic E-state index is 0.0375. The Morgan fingerprint density at radius 2 is 2.06 bits per heavy atom. The average Bonchev–Trinajstić information content (AvgIpc) is 2.34. The van der Waals surface area contributed by atoms with Crippen molar-refractivity contribution in [2.45, 2.75) is 52.6 Å². The number of nitrogens with one attached hydrogen (secondary N) is 1. The van der Waals surface area contributed by atoms with E-state index >= 15 is 0 Å². The largest absolute Gasteiger partial charge is 0.340 e. The summed E-state index contributed by atoms with van der Waals surface area (Å²) in [5.74, 6) is 0.294. The van der Waals surface area contributed by atoms with Gasteiger partial charge in [0.05, 0.1) is 6.04 Å². The van der Waals surface area contributed by atoms with Gasteiger partial charge in [-0.15, -0.1) is 0 Å². The zero-order valence-electron chi connectivity index (χ0n) is 12.4. The minimum Gasteiger partial charge on any atom is -0.340 e. The van der Waals surface area contributed by atoms with Crippen molar-refractivity contribution >= 4 is 5.91 Å². The highest BCUT2D eigenvalue weighted by Crippen LogP contribution is 2.12. The molecule has 4 heteroatoms. The summed E-state index contributed by atoms with van der Waals surface area (Å²) in [5, 5.41) is 3.37. The summed E-state index contributed by atoms with van der Waals surface area (Å²) in [4.78, 5) is 16.7. The first-order chi connectivity index (χ1) is 8.58.